The molecule has 1 unspecified atom stereocenters. The predicted molar refractivity (Wildman–Crippen MR) is 79.7 cm³/mol. The van der Waals surface area contributed by atoms with E-state index >= 15 is 0 Å². The molecule has 0 aromatic carbocycles. The lowest BCUT2D eigenvalue weighted by atomic mass is 10.0. The maximum Gasteiger partial charge on any atom is 0.0944 e. The molecule has 1 rings (SSSR count). The molecule has 4 heteroatoms. The molecule has 0 saturated carbocycles. The predicted octanol–water partition coefficient (Wildman–Crippen LogP) is 3.58. The summed E-state index contributed by atoms with van der Waals surface area (Å²) < 4.78 is 0. The SMILES string of the molecule is CCCCCCCCC(Cc1nc(C)cs1)NN. The van der Waals surface area contributed by atoms with Crippen LogP contribution in [-0.4, -0.2) is 11.0 Å². The second-order valence-electron chi connectivity index (χ2n) is 5.01. The molecule has 104 valence electrons. The lowest BCUT2D eigenvalue weighted by Crippen LogP contribution is -2.36. The molecule has 0 fully saturated rings. The van der Waals surface area contributed by atoms with Crippen molar-refractivity contribution in [3.8, 4) is 0 Å². The minimum atomic E-state index is 0.377. The Morgan fingerprint density at radius 1 is 1.28 bits per heavy atom. The van der Waals surface area contributed by atoms with Crippen molar-refractivity contribution in [1.29, 1.82) is 0 Å². The van der Waals surface area contributed by atoms with E-state index in [1.54, 1.807) is 11.3 Å². The highest BCUT2D eigenvalue weighted by Crippen LogP contribution is 2.14. The van der Waals surface area contributed by atoms with E-state index in [9.17, 15) is 0 Å². The fourth-order valence-corrected chi connectivity index (χ4v) is 2.98. The summed E-state index contributed by atoms with van der Waals surface area (Å²) in [5.74, 6) is 5.62. The van der Waals surface area contributed by atoms with Gasteiger partial charge in [-0.25, -0.2) is 4.98 Å². The van der Waals surface area contributed by atoms with Gasteiger partial charge in [0.15, 0.2) is 0 Å². The highest BCUT2D eigenvalue weighted by molar-refractivity contribution is 7.09. The van der Waals surface area contributed by atoms with Gasteiger partial charge in [0.2, 0.25) is 0 Å². The van der Waals surface area contributed by atoms with Crippen LogP contribution < -0.4 is 11.3 Å². The average Bonchev–Trinajstić information content (AvgIpc) is 2.77. The number of nitrogens with zero attached hydrogens (tertiary/aromatic N) is 1. The summed E-state index contributed by atoms with van der Waals surface area (Å²) in [4.78, 5) is 4.49. The second-order valence-corrected chi connectivity index (χ2v) is 5.95. The van der Waals surface area contributed by atoms with Crippen LogP contribution in [0.2, 0.25) is 0 Å². The standard InChI is InChI=1S/C14H27N3S/c1-3-4-5-6-7-8-9-13(17-15)10-14-16-12(2)11-18-14/h11,13,17H,3-10,15H2,1-2H3. The van der Waals surface area contributed by atoms with Gasteiger partial charge in [-0.05, 0) is 13.3 Å². The van der Waals surface area contributed by atoms with Crippen LogP contribution >= 0.6 is 11.3 Å². The number of hydrazine groups is 1. The van der Waals surface area contributed by atoms with E-state index < -0.39 is 0 Å². The number of aromatic nitrogens is 1. The summed E-state index contributed by atoms with van der Waals surface area (Å²) in [6.45, 7) is 4.29. The topological polar surface area (TPSA) is 50.9 Å². The number of aryl methyl sites for hydroxylation is 1. The summed E-state index contributed by atoms with van der Waals surface area (Å²) >= 11 is 1.74. The molecule has 0 aliphatic heterocycles. The summed E-state index contributed by atoms with van der Waals surface area (Å²) in [5, 5.41) is 3.30. The van der Waals surface area contributed by atoms with E-state index in [0.29, 0.717) is 6.04 Å². The number of nitrogens with one attached hydrogen (secondary N) is 1. The Labute approximate surface area is 115 Å². The first-order valence-corrected chi connectivity index (χ1v) is 8.01. The highest BCUT2D eigenvalue weighted by atomic mass is 32.1. The molecule has 3 nitrogen and oxygen atoms in total. The Hall–Kier alpha value is -0.450. The quantitative estimate of drug-likeness (QED) is 0.388. The first kappa shape index (κ1) is 15.6. The monoisotopic (exact) mass is 269 g/mol. The molecule has 0 saturated heterocycles. The number of thiazole rings is 1. The zero-order valence-electron chi connectivity index (χ0n) is 11.7. The molecule has 3 N–H and O–H groups in total. The van der Waals surface area contributed by atoms with Crippen LogP contribution in [0.1, 0.15) is 62.6 Å². The minimum Gasteiger partial charge on any atom is -0.271 e. The first-order chi connectivity index (χ1) is 8.76. The Balaban J connectivity index is 2.13. The third-order valence-electron chi connectivity index (χ3n) is 3.23. The normalized spacial score (nSPS) is 12.8. The largest absolute Gasteiger partial charge is 0.271 e. The van der Waals surface area contributed by atoms with Crippen LogP contribution in [0.4, 0.5) is 0 Å². The number of hydrogen-bond acceptors (Lipinski definition) is 4. The van der Waals surface area contributed by atoms with Crippen molar-refractivity contribution in [3.05, 3.63) is 16.1 Å². The Morgan fingerprint density at radius 3 is 2.61 bits per heavy atom. The van der Waals surface area contributed by atoms with E-state index in [2.05, 4.69) is 22.7 Å². The van der Waals surface area contributed by atoms with Crippen LogP contribution in [0.25, 0.3) is 0 Å². The molecular weight excluding hydrogens is 242 g/mol. The average molecular weight is 269 g/mol. The molecule has 18 heavy (non-hydrogen) atoms. The number of rotatable bonds is 10. The van der Waals surface area contributed by atoms with Crippen LogP contribution in [0.3, 0.4) is 0 Å². The van der Waals surface area contributed by atoms with Gasteiger partial charge in [0.25, 0.3) is 0 Å². The first-order valence-electron chi connectivity index (χ1n) is 7.13. The molecule has 0 aliphatic carbocycles. The van der Waals surface area contributed by atoms with Gasteiger partial charge < -0.3 is 0 Å². The maximum atomic E-state index is 5.62. The zero-order chi connectivity index (χ0) is 13.2. The Bertz CT molecular complexity index is 312. The van der Waals surface area contributed by atoms with Crippen molar-refractivity contribution >= 4 is 11.3 Å². The molecule has 0 spiro atoms. The summed E-state index contributed by atoms with van der Waals surface area (Å²) in [5.41, 5.74) is 4.04. The van der Waals surface area contributed by atoms with Gasteiger partial charge >= 0.3 is 0 Å². The molecule has 0 amide bonds. The zero-order valence-corrected chi connectivity index (χ0v) is 12.6. The van der Waals surface area contributed by atoms with Crippen LogP contribution in [0.5, 0.6) is 0 Å². The Morgan fingerprint density at radius 2 is 2.00 bits per heavy atom. The van der Waals surface area contributed by atoms with Crippen molar-refractivity contribution in [2.45, 2.75) is 71.3 Å². The summed E-state index contributed by atoms with van der Waals surface area (Å²) in [7, 11) is 0. The molecule has 1 atom stereocenters. The fraction of sp³-hybridized carbons (Fsp3) is 0.786. The van der Waals surface area contributed by atoms with E-state index in [-0.39, 0.29) is 0 Å². The molecule has 1 heterocycles. The number of unbranched alkanes of at least 4 members (excludes halogenated alkanes) is 5. The van der Waals surface area contributed by atoms with Gasteiger partial charge in [-0.15, -0.1) is 11.3 Å². The van der Waals surface area contributed by atoms with Crippen molar-refractivity contribution in [3.63, 3.8) is 0 Å². The van der Waals surface area contributed by atoms with Crippen molar-refractivity contribution in [1.82, 2.24) is 10.4 Å². The highest BCUT2D eigenvalue weighted by Gasteiger charge is 2.09. The van der Waals surface area contributed by atoms with Crippen molar-refractivity contribution in [2.24, 2.45) is 5.84 Å². The fourth-order valence-electron chi connectivity index (χ4n) is 2.12. The van der Waals surface area contributed by atoms with Crippen molar-refractivity contribution < 1.29 is 0 Å². The maximum absolute atomic E-state index is 5.62. The van der Waals surface area contributed by atoms with Gasteiger partial charge in [0.1, 0.15) is 0 Å². The Kier molecular flexibility index (Phi) is 8.22. The van der Waals surface area contributed by atoms with Crippen LogP contribution in [-0.2, 0) is 6.42 Å². The van der Waals surface area contributed by atoms with Gasteiger partial charge in [-0.2, -0.15) is 0 Å². The smallest absolute Gasteiger partial charge is 0.0944 e. The second kappa shape index (κ2) is 9.48. The van der Waals surface area contributed by atoms with Crippen molar-refractivity contribution in [2.75, 3.05) is 0 Å². The van der Waals surface area contributed by atoms with Gasteiger partial charge in [-0.1, -0.05) is 45.4 Å². The number of hydrogen-bond donors (Lipinski definition) is 2. The van der Waals surface area contributed by atoms with Gasteiger partial charge in [0, 0.05) is 23.5 Å². The summed E-state index contributed by atoms with van der Waals surface area (Å²) in [6.07, 6.45) is 10.1. The minimum absolute atomic E-state index is 0.377. The van der Waals surface area contributed by atoms with Crippen LogP contribution in [0.15, 0.2) is 5.38 Å². The molecular formula is C14H27N3S. The third kappa shape index (κ3) is 6.47. The molecule has 0 aliphatic rings. The van der Waals surface area contributed by atoms with Gasteiger partial charge in [0.05, 0.1) is 5.01 Å². The number of nitrogens with two attached hydrogens (primary N) is 1. The molecule has 1 aromatic heterocycles. The van der Waals surface area contributed by atoms with E-state index in [1.165, 1.54) is 43.5 Å². The molecule has 1 aromatic rings. The lowest BCUT2D eigenvalue weighted by molar-refractivity contribution is 0.459. The lowest BCUT2D eigenvalue weighted by Gasteiger charge is -2.14. The van der Waals surface area contributed by atoms with Gasteiger partial charge in [-0.3, -0.25) is 11.3 Å². The van der Waals surface area contributed by atoms with E-state index in [4.69, 9.17) is 5.84 Å². The molecule has 0 bridgehead atoms. The van der Waals surface area contributed by atoms with E-state index in [0.717, 1.165) is 18.5 Å². The summed E-state index contributed by atoms with van der Waals surface area (Å²) in [6, 6.07) is 0.377. The van der Waals surface area contributed by atoms with E-state index in [1.807, 2.05) is 6.92 Å². The van der Waals surface area contributed by atoms with Crippen LogP contribution in [0, 0.1) is 6.92 Å². The molecule has 0 radical (unpaired) electrons. The third-order valence-corrected chi connectivity index (χ3v) is 4.22.